The van der Waals surface area contributed by atoms with Crippen LogP contribution < -0.4 is 5.32 Å². The lowest BCUT2D eigenvalue weighted by Crippen LogP contribution is -2.56. The maximum atomic E-state index is 12.9. The van der Waals surface area contributed by atoms with Gasteiger partial charge in [0, 0.05) is 12.3 Å². The SMILES string of the molecule is N#C[C@@H]1CCCN1C(=O)[C@@H]1CSC(C23CC4CC(CC(C4)C2)C3)N1. The molecule has 4 saturated carbocycles. The minimum atomic E-state index is -0.192. The molecule has 0 spiro atoms. The van der Waals surface area contributed by atoms with Crippen molar-refractivity contribution >= 4 is 17.7 Å². The molecule has 6 fully saturated rings. The Morgan fingerprint density at radius 3 is 2.46 bits per heavy atom. The average molecular weight is 346 g/mol. The smallest absolute Gasteiger partial charge is 0.241 e. The van der Waals surface area contributed by atoms with E-state index in [1.165, 1.54) is 38.5 Å². The van der Waals surface area contributed by atoms with E-state index < -0.39 is 0 Å². The zero-order valence-corrected chi connectivity index (χ0v) is 15.1. The molecule has 6 aliphatic rings. The maximum absolute atomic E-state index is 12.9. The first-order valence-electron chi connectivity index (χ1n) is 9.74. The van der Waals surface area contributed by atoms with Crippen molar-refractivity contribution in [3.8, 4) is 6.07 Å². The van der Waals surface area contributed by atoms with Crippen LogP contribution >= 0.6 is 11.8 Å². The molecule has 1 unspecified atom stereocenters. The Kier molecular flexibility index (Phi) is 3.65. The number of hydrogen-bond donors (Lipinski definition) is 1. The van der Waals surface area contributed by atoms with Gasteiger partial charge in [-0.25, -0.2) is 0 Å². The standard InChI is InChI=1S/C19H27N3OS/c20-10-15-2-1-3-22(15)17(23)16-11-24-18(21-16)19-7-12-4-13(8-19)6-14(5-12)9-19/h12-16,18,21H,1-9,11H2/t12?,13?,14?,15-,16-,18?,19?/m0/s1. The third-order valence-electron chi connectivity index (χ3n) is 7.41. The Morgan fingerprint density at radius 2 is 1.83 bits per heavy atom. The van der Waals surface area contributed by atoms with Crippen LogP contribution in [0.2, 0.25) is 0 Å². The van der Waals surface area contributed by atoms with Crippen LogP contribution in [0.5, 0.6) is 0 Å². The number of likely N-dealkylation sites (tertiary alicyclic amines) is 1. The van der Waals surface area contributed by atoms with Gasteiger partial charge in [-0.1, -0.05) is 0 Å². The first kappa shape index (κ1) is 15.5. The first-order chi connectivity index (χ1) is 11.7. The molecule has 6 rings (SSSR count). The molecule has 0 aromatic carbocycles. The van der Waals surface area contributed by atoms with Gasteiger partial charge in [0.1, 0.15) is 6.04 Å². The van der Waals surface area contributed by atoms with Crippen LogP contribution in [-0.2, 0) is 4.79 Å². The number of amides is 1. The van der Waals surface area contributed by atoms with Crippen molar-refractivity contribution in [3.05, 3.63) is 0 Å². The van der Waals surface area contributed by atoms with E-state index in [0.29, 0.717) is 10.8 Å². The van der Waals surface area contributed by atoms with E-state index in [0.717, 1.165) is 42.9 Å². The number of carbonyl (C=O) groups is 1. The van der Waals surface area contributed by atoms with Crippen molar-refractivity contribution in [3.63, 3.8) is 0 Å². The normalized spacial score (nSPS) is 49.5. The summed E-state index contributed by atoms with van der Waals surface area (Å²) in [5.74, 6) is 3.93. The van der Waals surface area contributed by atoms with Gasteiger partial charge in [0.2, 0.25) is 5.91 Å². The summed E-state index contributed by atoms with van der Waals surface area (Å²) in [5.41, 5.74) is 0.452. The van der Waals surface area contributed by atoms with Crippen molar-refractivity contribution < 1.29 is 4.79 Å². The Hall–Kier alpha value is -0.730. The van der Waals surface area contributed by atoms with E-state index in [2.05, 4.69) is 11.4 Å². The van der Waals surface area contributed by atoms with Gasteiger partial charge < -0.3 is 4.90 Å². The van der Waals surface area contributed by atoms with Crippen LogP contribution in [0, 0.1) is 34.5 Å². The van der Waals surface area contributed by atoms with Gasteiger partial charge in [-0.3, -0.25) is 10.1 Å². The molecule has 5 heteroatoms. The van der Waals surface area contributed by atoms with E-state index in [4.69, 9.17) is 0 Å². The van der Waals surface area contributed by atoms with Crippen LogP contribution in [0.4, 0.5) is 0 Å². The van der Waals surface area contributed by atoms with Gasteiger partial charge >= 0.3 is 0 Å². The maximum Gasteiger partial charge on any atom is 0.241 e. The van der Waals surface area contributed by atoms with Gasteiger partial charge in [-0.05, 0) is 74.5 Å². The topological polar surface area (TPSA) is 56.1 Å². The lowest BCUT2D eigenvalue weighted by atomic mass is 9.49. The minimum Gasteiger partial charge on any atom is -0.325 e. The Morgan fingerprint density at radius 1 is 1.17 bits per heavy atom. The van der Waals surface area contributed by atoms with Gasteiger partial charge in [-0.15, -0.1) is 11.8 Å². The molecule has 24 heavy (non-hydrogen) atoms. The molecular weight excluding hydrogens is 318 g/mol. The molecule has 130 valence electrons. The van der Waals surface area contributed by atoms with Crippen LogP contribution in [0.25, 0.3) is 0 Å². The lowest BCUT2D eigenvalue weighted by molar-refractivity contribution is -0.133. The Labute approximate surface area is 148 Å². The second-order valence-electron chi connectivity index (χ2n) is 9.03. The van der Waals surface area contributed by atoms with Crippen molar-refractivity contribution in [2.75, 3.05) is 12.3 Å². The zero-order valence-electron chi connectivity index (χ0n) is 14.2. The molecule has 4 nitrogen and oxygen atoms in total. The molecule has 2 aliphatic heterocycles. The number of nitrogens with one attached hydrogen (secondary N) is 1. The fraction of sp³-hybridized carbons (Fsp3) is 0.895. The molecule has 4 bridgehead atoms. The number of thioether (sulfide) groups is 1. The van der Waals surface area contributed by atoms with Crippen LogP contribution in [0.15, 0.2) is 0 Å². The molecular formula is C19H27N3OS. The number of rotatable bonds is 2. The fourth-order valence-corrected chi connectivity index (χ4v) is 8.36. The third-order valence-corrected chi connectivity index (χ3v) is 8.90. The molecule has 0 aromatic rings. The highest BCUT2D eigenvalue weighted by Crippen LogP contribution is 2.63. The molecule has 0 radical (unpaired) electrons. The number of nitrogens with zero attached hydrogens (tertiary/aromatic N) is 2. The van der Waals surface area contributed by atoms with Crippen molar-refractivity contribution in [2.24, 2.45) is 23.2 Å². The van der Waals surface area contributed by atoms with E-state index in [1.54, 1.807) is 0 Å². The van der Waals surface area contributed by atoms with E-state index >= 15 is 0 Å². The van der Waals surface area contributed by atoms with Gasteiger partial charge in [0.15, 0.2) is 0 Å². The van der Waals surface area contributed by atoms with Gasteiger partial charge in [0.05, 0.1) is 17.5 Å². The van der Waals surface area contributed by atoms with Gasteiger partial charge in [0.25, 0.3) is 0 Å². The lowest BCUT2D eigenvalue weighted by Gasteiger charge is -2.58. The quantitative estimate of drug-likeness (QED) is 0.836. The zero-order chi connectivity index (χ0) is 16.3. The highest BCUT2D eigenvalue weighted by molar-refractivity contribution is 8.00. The summed E-state index contributed by atoms with van der Waals surface area (Å²) >= 11 is 1.99. The molecule has 4 aliphatic carbocycles. The molecule has 1 amide bonds. The highest BCUT2D eigenvalue weighted by Gasteiger charge is 2.56. The summed E-state index contributed by atoms with van der Waals surface area (Å²) in [5, 5.41) is 13.5. The molecule has 3 atom stereocenters. The van der Waals surface area contributed by atoms with Crippen LogP contribution in [-0.4, -0.2) is 40.6 Å². The van der Waals surface area contributed by atoms with Crippen LogP contribution in [0.1, 0.15) is 51.4 Å². The predicted molar refractivity (Wildman–Crippen MR) is 94.1 cm³/mol. The molecule has 0 aromatic heterocycles. The summed E-state index contributed by atoms with van der Waals surface area (Å²) in [6.45, 7) is 0.766. The van der Waals surface area contributed by atoms with Crippen LogP contribution in [0.3, 0.4) is 0 Å². The summed E-state index contributed by atoms with van der Waals surface area (Å²) in [4.78, 5) is 14.7. The monoisotopic (exact) mass is 345 g/mol. The highest BCUT2D eigenvalue weighted by atomic mass is 32.2. The molecule has 1 N–H and O–H groups in total. The molecule has 2 saturated heterocycles. The Bertz CT molecular complexity index is 550. The second-order valence-corrected chi connectivity index (χ2v) is 10.2. The second kappa shape index (κ2) is 5.64. The summed E-state index contributed by atoms with van der Waals surface area (Å²) in [7, 11) is 0. The van der Waals surface area contributed by atoms with E-state index in [-0.39, 0.29) is 18.0 Å². The number of carbonyl (C=O) groups excluding carboxylic acids is 1. The summed E-state index contributed by atoms with van der Waals surface area (Å²) in [6.07, 6.45) is 10.4. The first-order valence-corrected chi connectivity index (χ1v) is 10.8. The van der Waals surface area contributed by atoms with E-state index in [9.17, 15) is 10.1 Å². The van der Waals surface area contributed by atoms with Gasteiger partial charge in [-0.2, -0.15) is 5.26 Å². The molecule has 2 heterocycles. The van der Waals surface area contributed by atoms with Crippen molar-refractivity contribution in [1.29, 1.82) is 5.26 Å². The average Bonchev–Trinajstić information content (AvgIpc) is 3.22. The van der Waals surface area contributed by atoms with E-state index in [1.807, 2.05) is 16.7 Å². The third kappa shape index (κ3) is 2.33. The summed E-state index contributed by atoms with van der Waals surface area (Å²) in [6, 6.07) is 2.05. The van der Waals surface area contributed by atoms with Crippen molar-refractivity contribution in [1.82, 2.24) is 10.2 Å². The minimum absolute atomic E-state index is 0.0676. The Balaban J connectivity index is 1.29. The fourth-order valence-electron chi connectivity index (χ4n) is 6.83. The summed E-state index contributed by atoms with van der Waals surface area (Å²) < 4.78 is 0. The van der Waals surface area contributed by atoms with Crippen molar-refractivity contribution in [2.45, 2.75) is 68.8 Å². The largest absolute Gasteiger partial charge is 0.325 e. The predicted octanol–water partition coefficient (Wildman–Crippen LogP) is 2.75. The number of nitriles is 1. The number of hydrogen-bond acceptors (Lipinski definition) is 4.